The summed E-state index contributed by atoms with van der Waals surface area (Å²) in [6.07, 6.45) is 1.74. The third kappa shape index (κ3) is 3.65. The molecular formula is C13H17NO6S2. The van der Waals surface area contributed by atoms with Crippen LogP contribution >= 0.6 is 11.3 Å². The zero-order valence-corrected chi connectivity index (χ0v) is 13.6. The second-order valence-electron chi connectivity index (χ2n) is 5.31. The average Bonchev–Trinajstić information content (AvgIpc) is 2.95. The molecule has 1 aromatic rings. The van der Waals surface area contributed by atoms with E-state index in [-0.39, 0.29) is 16.3 Å². The minimum atomic E-state index is -3.35. The highest BCUT2D eigenvalue weighted by Crippen LogP contribution is 2.30. The lowest BCUT2D eigenvalue weighted by Crippen LogP contribution is -2.46. The average molecular weight is 347 g/mol. The number of nitrogens with one attached hydrogen (secondary N) is 1. The first kappa shape index (κ1) is 16.9. The van der Waals surface area contributed by atoms with Crippen LogP contribution in [-0.4, -0.2) is 51.4 Å². The summed E-state index contributed by atoms with van der Waals surface area (Å²) < 4.78 is 28.1. The predicted molar refractivity (Wildman–Crippen MR) is 79.9 cm³/mol. The van der Waals surface area contributed by atoms with Gasteiger partial charge in [-0.1, -0.05) is 0 Å². The molecule has 0 saturated carbocycles. The van der Waals surface area contributed by atoms with E-state index in [0.29, 0.717) is 26.1 Å². The minimum Gasteiger partial charge on any atom is -0.481 e. The van der Waals surface area contributed by atoms with Gasteiger partial charge in [0.25, 0.3) is 5.91 Å². The highest BCUT2D eigenvalue weighted by molar-refractivity contribution is 7.92. The molecule has 1 aliphatic rings. The Balaban J connectivity index is 2.05. The van der Waals surface area contributed by atoms with Crippen molar-refractivity contribution in [1.29, 1.82) is 0 Å². The Morgan fingerprint density at radius 2 is 2.05 bits per heavy atom. The highest BCUT2D eigenvalue weighted by Gasteiger charge is 2.40. The molecule has 22 heavy (non-hydrogen) atoms. The largest absolute Gasteiger partial charge is 0.481 e. The molecule has 1 amide bonds. The summed E-state index contributed by atoms with van der Waals surface area (Å²) >= 11 is 0.967. The van der Waals surface area contributed by atoms with E-state index in [0.717, 1.165) is 17.6 Å². The highest BCUT2D eigenvalue weighted by atomic mass is 32.2. The quantitative estimate of drug-likeness (QED) is 0.814. The number of rotatable bonds is 5. The number of carboxylic acids is 1. The van der Waals surface area contributed by atoms with Crippen LogP contribution in [0.4, 0.5) is 0 Å². The van der Waals surface area contributed by atoms with Crippen LogP contribution in [-0.2, 0) is 19.4 Å². The predicted octanol–water partition coefficient (Wildman–Crippen LogP) is 0.763. The van der Waals surface area contributed by atoms with Gasteiger partial charge >= 0.3 is 5.97 Å². The van der Waals surface area contributed by atoms with Crippen LogP contribution < -0.4 is 5.32 Å². The number of carboxylic acid groups (broad SMARTS) is 1. The van der Waals surface area contributed by atoms with Crippen molar-refractivity contribution < 1.29 is 27.9 Å². The molecular weight excluding hydrogens is 330 g/mol. The number of sulfone groups is 1. The summed E-state index contributed by atoms with van der Waals surface area (Å²) in [5.41, 5.74) is -0.804. The van der Waals surface area contributed by atoms with E-state index in [1.54, 1.807) is 0 Å². The van der Waals surface area contributed by atoms with Gasteiger partial charge in [-0.3, -0.25) is 9.59 Å². The Kier molecular flexibility index (Phi) is 4.88. The molecule has 2 heterocycles. The zero-order valence-electron chi connectivity index (χ0n) is 12.0. The van der Waals surface area contributed by atoms with E-state index in [4.69, 9.17) is 4.74 Å². The molecule has 0 atom stereocenters. The summed E-state index contributed by atoms with van der Waals surface area (Å²) in [4.78, 5) is 23.5. The fourth-order valence-electron chi connectivity index (χ4n) is 2.21. The van der Waals surface area contributed by atoms with Crippen molar-refractivity contribution in [3.05, 3.63) is 17.0 Å². The van der Waals surface area contributed by atoms with Crippen molar-refractivity contribution in [2.75, 3.05) is 26.0 Å². The lowest BCUT2D eigenvalue weighted by atomic mass is 9.80. The lowest BCUT2D eigenvalue weighted by Gasteiger charge is -2.33. The molecule has 0 spiro atoms. The Morgan fingerprint density at radius 3 is 2.55 bits per heavy atom. The van der Waals surface area contributed by atoms with Gasteiger partial charge in [-0.15, -0.1) is 11.3 Å². The first-order valence-electron chi connectivity index (χ1n) is 6.62. The molecule has 0 aliphatic carbocycles. The monoisotopic (exact) mass is 347 g/mol. The van der Waals surface area contributed by atoms with Crippen LogP contribution in [0.5, 0.6) is 0 Å². The van der Waals surface area contributed by atoms with Gasteiger partial charge in [-0.05, 0) is 18.9 Å². The summed E-state index contributed by atoms with van der Waals surface area (Å²) in [6, 6.07) is 1.30. The topological polar surface area (TPSA) is 110 Å². The maximum atomic E-state index is 12.1. The number of carbonyl (C=O) groups is 2. The van der Waals surface area contributed by atoms with Crippen LogP contribution in [0.25, 0.3) is 0 Å². The molecule has 1 aliphatic heterocycles. The number of amides is 1. The molecule has 1 fully saturated rings. The molecule has 1 saturated heterocycles. The van der Waals surface area contributed by atoms with Crippen molar-refractivity contribution in [2.24, 2.45) is 5.41 Å². The number of ether oxygens (including phenoxy) is 1. The molecule has 1 aromatic heterocycles. The van der Waals surface area contributed by atoms with E-state index in [9.17, 15) is 23.1 Å². The maximum Gasteiger partial charge on any atom is 0.311 e. The van der Waals surface area contributed by atoms with Crippen molar-refractivity contribution in [3.63, 3.8) is 0 Å². The molecule has 7 nitrogen and oxygen atoms in total. The van der Waals surface area contributed by atoms with Gasteiger partial charge in [0.05, 0.1) is 11.0 Å². The van der Waals surface area contributed by atoms with E-state index >= 15 is 0 Å². The van der Waals surface area contributed by atoms with Crippen LogP contribution in [0.15, 0.2) is 15.7 Å². The zero-order chi connectivity index (χ0) is 16.4. The van der Waals surface area contributed by atoms with Gasteiger partial charge in [-0.25, -0.2) is 8.42 Å². The molecule has 0 bridgehead atoms. The molecule has 0 aromatic carbocycles. The maximum absolute atomic E-state index is 12.1. The number of thiophene rings is 1. The van der Waals surface area contributed by atoms with Gasteiger partial charge in [0, 0.05) is 31.4 Å². The van der Waals surface area contributed by atoms with Gasteiger partial charge < -0.3 is 15.2 Å². The van der Waals surface area contributed by atoms with Crippen LogP contribution in [0, 0.1) is 5.41 Å². The summed E-state index contributed by atoms with van der Waals surface area (Å²) in [7, 11) is -3.35. The Labute approximate surface area is 132 Å². The minimum absolute atomic E-state index is 0.00538. The third-order valence-corrected chi connectivity index (χ3v) is 6.46. The number of aliphatic carboxylic acids is 1. The SMILES string of the molecule is CS(=O)(=O)c1cc(C(=O)NCC2(C(=O)O)CCOCC2)cs1. The Bertz CT molecular complexity index is 672. The van der Waals surface area contributed by atoms with E-state index in [1.807, 2.05) is 0 Å². The Morgan fingerprint density at radius 1 is 1.41 bits per heavy atom. The van der Waals surface area contributed by atoms with Crippen molar-refractivity contribution in [2.45, 2.75) is 17.1 Å². The van der Waals surface area contributed by atoms with Crippen molar-refractivity contribution in [1.82, 2.24) is 5.32 Å². The third-order valence-electron chi connectivity index (χ3n) is 3.69. The fourth-order valence-corrected chi connectivity index (χ4v) is 4.01. The van der Waals surface area contributed by atoms with Crippen molar-refractivity contribution >= 4 is 33.1 Å². The van der Waals surface area contributed by atoms with E-state index in [1.165, 1.54) is 11.4 Å². The fraction of sp³-hybridized carbons (Fsp3) is 0.538. The smallest absolute Gasteiger partial charge is 0.311 e. The number of carbonyl (C=O) groups excluding carboxylic acids is 1. The van der Waals surface area contributed by atoms with Crippen LogP contribution in [0.2, 0.25) is 0 Å². The van der Waals surface area contributed by atoms with E-state index < -0.39 is 27.1 Å². The Hall–Kier alpha value is -1.45. The molecule has 0 unspecified atom stereocenters. The molecule has 122 valence electrons. The second kappa shape index (κ2) is 6.35. The first-order chi connectivity index (χ1) is 10.2. The summed E-state index contributed by atoms with van der Waals surface area (Å²) in [6.45, 7) is 0.687. The normalized spacial score (nSPS) is 17.9. The van der Waals surface area contributed by atoms with Crippen LogP contribution in [0.1, 0.15) is 23.2 Å². The molecule has 0 radical (unpaired) electrons. The van der Waals surface area contributed by atoms with Gasteiger partial charge in [-0.2, -0.15) is 0 Å². The summed E-state index contributed by atoms with van der Waals surface area (Å²) in [5.74, 6) is -1.43. The lowest BCUT2D eigenvalue weighted by molar-refractivity contribution is -0.154. The number of hydrogen-bond acceptors (Lipinski definition) is 6. The van der Waals surface area contributed by atoms with Gasteiger partial charge in [0.15, 0.2) is 9.84 Å². The van der Waals surface area contributed by atoms with E-state index in [2.05, 4.69) is 5.32 Å². The molecule has 2 N–H and O–H groups in total. The molecule has 9 heteroatoms. The standard InChI is InChI=1S/C13H17NO6S2/c1-22(18,19)10-6-9(7-21-10)11(15)14-8-13(12(16)17)2-4-20-5-3-13/h6-7H,2-5,8H2,1H3,(H,14,15)(H,16,17). The second-order valence-corrected chi connectivity index (χ2v) is 8.46. The van der Waals surface area contributed by atoms with Gasteiger partial charge in [0.2, 0.25) is 0 Å². The van der Waals surface area contributed by atoms with Crippen molar-refractivity contribution in [3.8, 4) is 0 Å². The van der Waals surface area contributed by atoms with Crippen LogP contribution in [0.3, 0.4) is 0 Å². The molecule has 2 rings (SSSR count). The van der Waals surface area contributed by atoms with Gasteiger partial charge in [0.1, 0.15) is 4.21 Å². The number of hydrogen-bond donors (Lipinski definition) is 2. The first-order valence-corrected chi connectivity index (χ1v) is 9.40. The summed E-state index contributed by atoms with van der Waals surface area (Å²) in [5, 5.41) is 13.4.